The number of hydrogen-bond donors (Lipinski definition) is 1. The molecule has 4 heteroatoms. The topological polar surface area (TPSA) is 21.3 Å². The summed E-state index contributed by atoms with van der Waals surface area (Å²) in [7, 11) is 0. The second-order valence-electron chi connectivity index (χ2n) is 4.43. The molecule has 0 saturated carbocycles. The van der Waals surface area contributed by atoms with E-state index in [0.717, 1.165) is 12.1 Å². The van der Waals surface area contributed by atoms with Crippen molar-refractivity contribution in [1.82, 2.24) is 5.32 Å². The Labute approximate surface area is 123 Å². The first-order valence-electron chi connectivity index (χ1n) is 6.56. The molecule has 0 aliphatic rings. The standard InChI is InChI=1S/C16H17ClFNO/c1-2-19-16(12-5-3-7-14(18)9-12)11-20-15-8-4-6-13(17)10-15/h3-10,16,19H,2,11H2,1H3. The summed E-state index contributed by atoms with van der Waals surface area (Å²) in [6, 6.07) is 13.7. The van der Waals surface area contributed by atoms with Gasteiger partial charge in [-0.3, -0.25) is 0 Å². The highest BCUT2D eigenvalue weighted by Gasteiger charge is 2.12. The van der Waals surface area contributed by atoms with Crippen LogP contribution in [0.1, 0.15) is 18.5 Å². The van der Waals surface area contributed by atoms with Crippen LogP contribution in [0.3, 0.4) is 0 Å². The monoisotopic (exact) mass is 293 g/mol. The molecule has 0 amide bonds. The van der Waals surface area contributed by atoms with Crippen LogP contribution in [0.5, 0.6) is 5.75 Å². The summed E-state index contributed by atoms with van der Waals surface area (Å²) < 4.78 is 19.0. The lowest BCUT2D eigenvalue weighted by atomic mass is 10.1. The van der Waals surface area contributed by atoms with Gasteiger partial charge in [-0.2, -0.15) is 0 Å². The lowest BCUT2D eigenvalue weighted by molar-refractivity contribution is 0.268. The average Bonchev–Trinajstić information content (AvgIpc) is 2.43. The minimum atomic E-state index is -0.242. The molecule has 0 heterocycles. The molecule has 0 aliphatic carbocycles. The Hall–Kier alpha value is -1.58. The molecule has 106 valence electrons. The van der Waals surface area contributed by atoms with Gasteiger partial charge in [-0.05, 0) is 42.4 Å². The summed E-state index contributed by atoms with van der Waals surface area (Å²) >= 11 is 5.91. The molecule has 0 aromatic heterocycles. The largest absolute Gasteiger partial charge is 0.492 e. The Morgan fingerprint density at radius 3 is 2.70 bits per heavy atom. The molecule has 1 N–H and O–H groups in total. The molecular formula is C16H17ClFNO. The molecule has 20 heavy (non-hydrogen) atoms. The SMILES string of the molecule is CCNC(COc1cccc(Cl)c1)c1cccc(F)c1. The lowest BCUT2D eigenvalue weighted by Crippen LogP contribution is -2.26. The molecule has 0 fully saturated rings. The van der Waals surface area contributed by atoms with Gasteiger partial charge >= 0.3 is 0 Å². The summed E-state index contributed by atoms with van der Waals surface area (Å²) in [6.07, 6.45) is 0. The van der Waals surface area contributed by atoms with Crippen molar-refractivity contribution in [2.75, 3.05) is 13.2 Å². The van der Waals surface area contributed by atoms with E-state index in [9.17, 15) is 4.39 Å². The maximum absolute atomic E-state index is 13.3. The molecule has 0 bridgehead atoms. The van der Waals surface area contributed by atoms with Crippen LogP contribution in [0, 0.1) is 5.82 Å². The van der Waals surface area contributed by atoms with E-state index in [1.807, 2.05) is 25.1 Å². The molecule has 0 saturated heterocycles. The van der Waals surface area contributed by atoms with E-state index in [1.54, 1.807) is 18.2 Å². The quantitative estimate of drug-likeness (QED) is 0.861. The van der Waals surface area contributed by atoms with Gasteiger partial charge in [0.2, 0.25) is 0 Å². The summed E-state index contributed by atoms with van der Waals surface area (Å²) in [5.41, 5.74) is 0.869. The fraction of sp³-hybridized carbons (Fsp3) is 0.250. The van der Waals surface area contributed by atoms with Gasteiger partial charge < -0.3 is 10.1 Å². The van der Waals surface area contributed by atoms with E-state index in [-0.39, 0.29) is 11.9 Å². The zero-order valence-corrected chi connectivity index (χ0v) is 12.0. The summed E-state index contributed by atoms with van der Waals surface area (Å²) in [6.45, 7) is 3.20. The van der Waals surface area contributed by atoms with Crippen LogP contribution in [0.15, 0.2) is 48.5 Å². The van der Waals surface area contributed by atoms with Gasteiger partial charge in [0.25, 0.3) is 0 Å². The van der Waals surface area contributed by atoms with Crippen molar-refractivity contribution < 1.29 is 9.13 Å². The van der Waals surface area contributed by atoms with Crippen LogP contribution in [0.2, 0.25) is 5.02 Å². The molecule has 2 aromatic rings. The molecule has 2 rings (SSSR count). The Balaban J connectivity index is 2.06. The number of hydrogen-bond acceptors (Lipinski definition) is 2. The Kier molecular flexibility index (Phi) is 5.39. The Morgan fingerprint density at radius 2 is 2.00 bits per heavy atom. The smallest absolute Gasteiger partial charge is 0.123 e. The number of nitrogens with one attached hydrogen (secondary N) is 1. The van der Waals surface area contributed by atoms with Crippen LogP contribution in [0.4, 0.5) is 4.39 Å². The van der Waals surface area contributed by atoms with Gasteiger partial charge in [-0.15, -0.1) is 0 Å². The number of ether oxygens (including phenoxy) is 1. The van der Waals surface area contributed by atoms with E-state index in [1.165, 1.54) is 12.1 Å². The van der Waals surface area contributed by atoms with Crippen molar-refractivity contribution >= 4 is 11.6 Å². The third-order valence-electron chi connectivity index (χ3n) is 2.91. The van der Waals surface area contributed by atoms with Gasteiger partial charge in [0, 0.05) is 5.02 Å². The maximum Gasteiger partial charge on any atom is 0.123 e. The first-order chi connectivity index (χ1) is 9.69. The van der Waals surface area contributed by atoms with E-state index < -0.39 is 0 Å². The Morgan fingerprint density at radius 1 is 1.20 bits per heavy atom. The maximum atomic E-state index is 13.3. The molecule has 0 radical (unpaired) electrons. The number of benzene rings is 2. The van der Waals surface area contributed by atoms with Crippen LogP contribution in [0.25, 0.3) is 0 Å². The zero-order chi connectivity index (χ0) is 14.4. The van der Waals surface area contributed by atoms with E-state index in [0.29, 0.717) is 17.4 Å². The summed E-state index contributed by atoms with van der Waals surface area (Å²) in [5.74, 6) is 0.463. The van der Waals surface area contributed by atoms with Crippen molar-refractivity contribution in [2.45, 2.75) is 13.0 Å². The molecular weight excluding hydrogens is 277 g/mol. The third kappa shape index (κ3) is 4.22. The highest BCUT2D eigenvalue weighted by molar-refractivity contribution is 6.30. The molecule has 2 aromatic carbocycles. The first-order valence-corrected chi connectivity index (χ1v) is 6.94. The molecule has 1 atom stereocenters. The fourth-order valence-corrected chi connectivity index (χ4v) is 2.16. The van der Waals surface area contributed by atoms with Crippen molar-refractivity contribution in [1.29, 1.82) is 0 Å². The fourth-order valence-electron chi connectivity index (χ4n) is 1.98. The van der Waals surface area contributed by atoms with Gasteiger partial charge in [0.15, 0.2) is 0 Å². The normalized spacial score (nSPS) is 12.2. The van der Waals surface area contributed by atoms with Crippen LogP contribution in [-0.2, 0) is 0 Å². The van der Waals surface area contributed by atoms with Crippen LogP contribution >= 0.6 is 11.6 Å². The van der Waals surface area contributed by atoms with E-state index >= 15 is 0 Å². The third-order valence-corrected chi connectivity index (χ3v) is 3.15. The van der Waals surface area contributed by atoms with Crippen molar-refractivity contribution in [3.63, 3.8) is 0 Å². The van der Waals surface area contributed by atoms with Crippen LogP contribution in [-0.4, -0.2) is 13.2 Å². The van der Waals surface area contributed by atoms with Gasteiger partial charge in [-0.1, -0.05) is 36.7 Å². The second kappa shape index (κ2) is 7.27. The number of rotatable bonds is 6. The molecule has 0 spiro atoms. The number of halogens is 2. The molecule has 1 unspecified atom stereocenters. The van der Waals surface area contributed by atoms with Gasteiger partial charge in [-0.25, -0.2) is 4.39 Å². The van der Waals surface area contributed by atoms with Gasteiger partial charge in [0.05, 0.1) is 6.04 Å². The summed E-state index contributed by atoms with van der Waals surface area (Å²) in [5, 5.41) is 3.92. The van der Waals surface area contributed by atoms with Crippen molar-refractivity contribution in [3.8, 4) is 5.75 Å². The Bertz CT molecular complexity index is 562. The first kappa shape index (κ1) is 14.8. The highest BCUT2D eigenvalue weighted by atomic mass is 35.5. The predicted molar refractivity (Wildman–Crippen MR) is 79.8 cm³/mol. The van der Waals surface area contributed by atoms with Crippen molar-refractivity contribution in [2.24, 2.45) is 0 Å². The van der Waals surface area contributed by atoms with Crippen LogP contribution < -0.4 is 10.1 Å². The molecule has 0 aliphatic heterocycles. The van der Waals surface area contributed by atoms with E-state index in [4.69, 9.17) is 16.3 Å². The van der Waals surface area contributed by atoms with E-state index in [2.05, 4.69) is 5.32 Å². The highest BCUT2D eigenvalue weighted by Crippen LogP contribution is 2.20. The predicted octanol–water partition coefficient (Wildman–Crippen LogP) is 4.21. The van der Waals surface area contributed by atoms with Crippen molar-refractivity contribution in [3.05, 3.63) is 64.9 Å². The van der Waals surface area contributed by atoms with Gasteiger partial charge in [0.1, 0.15) is 18.2 Å². The summed E-state index contributed by atoms with van der Waals surface area (Å²) in [4.78, 5) is 0. The number of likely N-dealkylation sites (N-methyl/N-ethyl adjacent to an activating group) is 1. The zero-order valence-electron chi connectivity index (χ0n) is 11.3. The lowest BCUT2D eigenvalue weighted by Gasteiger charge is -2.19. The molecule has 2 nitrogen and oxygen atoms in total. The average molecular weight is 294 g/mol. The second-order valence-corrected chi connectivity index (χ2v) is 4.87. The minimum absolute atomic E-state index is 0.0605. The minimum Gasteiger partial charge on any atom is -0.492 e.